The first kappa shape index (κ1) is 18.0. The molecule has 0 saturated heterocycles. The van der Waals surface area contributed by atoms with Crippen molar-refractivity contribution < 1.29 is 19.4 Å². The summed E-state index contributed by atoms with van der Waals surface area (Å²) in [5.74, 6) is -1.10. The van der Waals surface area contributed by atoms with Gasteiger partial charge in [-0.25, -0.2) is 14.6 Å². The van der Waals surface area contributed by atoms with Gasteiger partial charge in [-0.05, 0) is 32.3 Å². The van der Waals surface area contributed by atoms with Crippen LogP contribution >= 0.6 is 0 Å². The highest BCUT2D eigenvalue weighted by atomic mass is 16.6. The zero-order valence-corrected chi connectivity index (χ0v) is 14.9. The molecule has 3 rings (SSSR count). The van der Waals surface area contributed by atoms with Crippen molar-refractivity contribution in [2.75, 3.05) is 0 Å². The molecule has 138 valence electrons. The number of nitrogens with zero attached hydrogens (tertiary/aromatic N) is 3. The molecule has 2 aromatic rings. The number of imidazole rings is 1. The normalized spacial score (nSPS) is 14.9. The molecular weight excluding hydrogens is 334 g/mol. The average molecular weight is 357 g/mol. The molecule has 1 unspecified atom stereocenters. The lowest BCUT2D eigenvalue weighted by Crippen LogP contribution is -2.44. The first-order chi connectivity index (χ1) is 12.5. The van der Waals surface area contributed by atoms with Crippen LogP contribution < -0.4 is 0 Å². The van der Waals surface area contributed by atoms with E-state index in [-0.39, 0.29) is 18.7 Å². The zero-order chi connectivity index (χ0) is 18.7. The number of hydrogen-bond acceptors (Lipinski definition) is 4. The van der Waals surface area contributed by atoms with E-state index in [1.807, 2.05) is 34.9 Å². The highest BCUT2D eigenvalue weighted by Crippen LogP contribution is 2.38. The van der Waals surface area contributed by atoms with Crippen LogP contribution in [0.15, 0.2) is 42.9 Å². The fourth-order valence-corrected chi connectivity index (χ4v) is 2.98. The summed E-state index contributed by atoms with van der Waals surface area (Å²) >= 11 is 0. The monoisotopic (exact) mass is 357 g/mol. The van der Waals surface area contributed by atoms with E-state index in [9.17, 15) is 14.7 Å². The number of carboxylic acid groups (broad SMARTS) is 1. The van der Waals surface area contributed by atoms with Crippen molar-refractivity contribution in [1.82, 2.24) is 14.5 Å². The third kappa shape index (κ3) is 3.87. The molecule has 1 fully saturated rings. The molecule has 1 amide bonds. The van der Waals surface area contributed by atoms with E-state index in [0.29, 0.717) is 5.69 Å². The van der Waals surface area contributed by atoms with Gasteiger partial charge in [-0.15, -0.1) is 0 Å². The van der Waals surface area contributed by atoms with Gasteiger partial charge in [0.05, 0.1) is 18.2 Å². The number of carbonyl (C=O) groups excluding carboxylic acids is 1. The van der Waals surface area contributed by atoms with Crippen molar-refractivity contribution in [1.29, 1.82) is 0 Å². The Bertz CT molecular complexity index is 768. The Labute approximate surface area is 152 Å². The molecule has 0 aliphatic heterocycles. The predicted octanol–water partition coefficient (Wildman–Crippen LogP) is 3.39. The van der Waals surface area contributed by atoms with E-state index in [4.69, 9.17) is 4.74 Å². The summed E-state index contributed by atoms with van der Waals surface area (Å²) in [6.45, 7) is 3.65. The van der Waals surface area contributed by atoms with Gasteiger partial charge >= 0.3 is 12.1 Å². The van der Waals surface area contributed by atoms with Crippen LogP contribution in [0.2, 0.25) is 0 Å². The Morgan fingerprint density at radius 3 is 2.58 bits per heavy atom. The largest absolute Gasteiger partial charge is 0.479 e. The van der Waals surface area contributed by atoms with Crippen molar-refractivity contribution >= 4 is 12.1 Å². The molecule has 1 aromatic carbocycles. The highest BCUT2D eigenvalue weighted by molar-refractivity contribution is 5.81. The van der Waals surface area contributed by atoms with Gasteiger partial charge in [0, 0.05) is 12.1 Å². The van der Waals surface area contributed by atoms with Crippen molar-refractivity contribution in [3.63, 3.8) is 0 Å². The van der Waals surface area contributed by atoms with E-state index in [1.165, 1.54) is 11.1 Å². The van der Waals surface area contributed by atoms with Crippen molar-refractivity contribution in [2.24, 2.45) is 0 Å². The third-order valence-electron chi connectivity index (χ3n) is 4.40. The maximum Gasteiger partial charge on any atom is 0.411 e. The first-order valence-electron chi connectivity index (χ1n) is 8.72. The van der Waals surface area contributed by atoms with Gasteiger partial charge in [0.2, 0.25) is 0 Å². The summed E-state index contributed by atoms with van der Waals surface area (Å²) in [6.07, 6.45) is 4.50. The Morgan fingerprint density at radius 2 is 2.00 bits per heavy atom. The van der Waals surface area contributed by atoms with Crippen LogP contribution in [0.1, 0.15) is 50.0 Å². The quantitative estimate of drug-likeness (QED) is 0.821. The minimum absolute atomic E-state index is 0.0944. The molecule has 0 spiro atoms. The molecule has 7 nitrogen and oxygen atoms in total. The SMILES string of the molecule is CC(C)N(C(=O)OCc1ccccc1)C(C(=O)O)c1cncn1C1CC1. The molecule has 1 heterocycles. The molecule has 1 aromatic heterocycles. The van der Waals surface area contributed by atoms with Gasteiger partial charge in [-0.2, -0.15) is 0 Å². The summed E-state index contributed by atoms with van der Waals surface area (Å²) in [5, 5.41) is 9.83. The topological polar surface area (TPSA) is 84.7 Å². The highest BCUT2D eigenvalue weighted by Gasteiger charge is 2.38. The Kier molecular flexibility index (Phi) is 5.25. The van der Waals surface area contributed by atoms with Crippen LogP contribution in [-0.4, -0.2) is 37.7 Å². The van der Waals surface area contributed by atoms with E-state index in [1.54, 1.807) is 20.2 Å². The summed E-state index contributed by atoms with van der Waals surface area (Å²) in [5.41, 5.74) is 1.35. The molecule has 1 N–H and O–H groups in total. The second kappa shape index (κ2) is 7.59. The summed E-state index contributed by atoms with van der Waals surface area (Å²) in [4.78, 5) is 30.1. The van der Waals surface area contributed by atoms with Crippen LogP contribution in [0.25, 0.3) is 0 Å². The molecule has 26 heavy (non-hydrogen) atoms. The molecule has 1 aliphatic rings. The molecule has 1 atom stereocenters. The number of benzene rings is 1. The van der Waals surface area contributed by atoms with Crippen LogP contribution in [0, 0.1) is 0 Å². The number of hydrogen-bond donors (Lipinski definition) is 1. The number of carboxylic acids is 1. The average Bonchev–Trinajstić information content (AvgIpc) is 3.35. The summed E-state index contributed by atoms with van der Waals surface area (Å²) in [7, 11) is 0. The minimum atomic E-state index is -1.14. The van der Waals surface area contributed by atoms with Gasteiger partial charge in [0.1, 0.15) is 6.61 Å². The summed E-state index contributed by atoms with van der Waals surface area (Å²) < 4.78 is 7.25. The van der Waals surface area contributed by atoms with E-state index < -0.39 is 18.1 Å². The van der Waals surface area contributed by atoms with Crippen LogP contribution in [0.4, 0.5) is 4.79 Å². The third-order valence-corrected chi connectivity index (χ3v) is 4.40. The van der Waals surface area contributed by atoms with Gasteiger partial charge in [-0.1, -0.05) is 30.3 Å². The Morgan fingerprint density at radius 1 is 1.31 bits per heavy atom. The molecule has 1 saturated carbocycles. The van der Waals surface area contributed by atoms with Crippen molar-refractivity contribution in [3.8, 4) is 0 Å². The second-order valence-electron chi connectivity index (χ2n) is 6.74. The van der Waals surface area contributed by atoms with E-state index in [2.05, 4.69) is 4.98 Å². The van der Waals surface area contributed by atoms with E-state index >= 15 is 0 Å². The number of aliphatic carboxylic acids is 1. The van der Waals surface area contributed by atoms with E-state index in [0.717, 1.165) is 18.4 Å². The molecule has 0 radical (unpaired) electrons. The van der Waals surface area contributed by atoms with Crippen LogP contribution in [-0.2, 0) is 16.1 Å². The number of carbonyl (C=O) groups is 2. The smallest absolute Gasteiger partial charge is 0.411 e. The maximum absolute atomic E-state index is 12.7. The number of aromatic nitrogens is 2. The van der Waals surface area contributed by atoms with Crippen molar-refractivity contribution in [3.05, 3.63) is 54.1 Å². The Hall–Kier alpha value is -2.83. The minimum Gasteiger partial charge on any atom is -0.479 e. The molecule has 7 heteroatoms. The summed E-state index contributed by atoms with van der Waals surface area (Å²) in [6, 6.07) is 8.08. The standard InChI is InChI=1S/C19H23N3O4/c1-13(2)22(19(25)26-11-14-6-4-3-5-7-14)17(18(23)24)16-10-20-12-21(16)15-8-9-15/h3-7,10,12-13,15,17H,8-9,11H2,1-2H3,(H,23,24). The number of rotatable bonds is 7. The predicted molar refractivity (Wildman–Crippen MR) is 94.5 cm³/mol. The Balaban J connectivity index is 1.82. The zero-order valence-electron chi connectivity index (χ0n) is 14.9. The lowest BCUT2D eigenvalue weighted by molar-refractivity contribution is -0.144. The fourth-order valence-electron chi connectivity index (χ4n) is 2.98. The fraction of sp³-hybridized carbons (Fsp3) is 0.421. The van der Waals surface area contributed by atoms with Crippen LogP contribution in [0.5, 0.6) is 0 Å². The molecular formula is C19H23N3O4. The lowest BCUT2D eigenvalue weighted by atomic mass is 10.1. The molecule has 0 bridgehead atoms. The first-order valence-corrected chi connectivity index (χ1v) is 8.72. The molecule has 1 aliphatic carbocycles. The van der Waals surface area contributed by atoms with Crippen molar-refractivity contribution in [2.45, 2.75) is 51.4 Å². The number of ether oxygens (including phenoxy) is 1. The number of amides is 1. The van der Waals surface area contributed by atoms with Gasteiger partial charge in [0.15, 0.2) is 6.04 Å². The second-order valence-corrected chi connectivity index (χ2v) is 6.74. The van der Waals surface area contributed by atoms with Gasteiger partial charge < -0.3 is 14.4 Å². The van der Waals surface area contributed by atoms with Crippen LogP contribution in [0.3, 0.4) is 0 Å². The maximum atomic E-state index is 12.7. The van der Waals surface area contributed by atoms with Gasteiger partial charge in [-0.3, -0.25) is 4.90 Å². The van der Waals surface area contributed by atoms with Gasteiger partial charge in [0.25, 0.3) is 0 Å². The lowest BCUT2D eigenvalue weighted by Gasteiger charge is -2.32.